The van der Waals surface area contributed by atoms with Crippen LogP contribution in [0, 0.1) is 24.7 Å². The van der Waals surface area contributed by atoms with Crippen LogP contribution in [0.25, 0.3) is 0 Å². The van der Waals surface area contributed by atoms with Gasteiger partial charge in [-0.25, -0.2) is 0 Å². The highest BCUT2D eigenvalue weighted by Gasteiger charge is 2.26. The predicted molar refractivity (Wildman–Crippen MR) is 164 cm³/mol. The van der Waals surface area contributed by atoms with Crippen molar-refractivity contribution in [3.8, 4) is 24.7 Å². The van der Waals surface area contributed by atoms with E-state index in [4.69, 9.17) is 18.0 Å². The topological polar surface area (TPSA) is 183 Å². The minimum Gasteiger partial charge on any atom is -0.481 e. The number of aldehydes is 1. The van der Waals surface area contributed by atoms with Gasteiger partial charge in [0.05, 0.1) is 25.8 Å². The summed E-state index contributed by atoms with van der Waals surface area (Å²) in [5, 5.41) is 14.2. The lowest BCUT2D eigenvalue weighted by atomic mass is 10.4. The smallest absolute Gasteiger partial charge is 0.303 e. The molecule has 6 N–H and O–H groups in total. The van der Waals surface area contributed by atoms with Crippen LogP contribution in [0.15, 0.2) is 0 Å². The molecule has 1 aliphatic heterocycles. The van der Waals surface area contributed by atoms with Crippen LogP contribution in [0.2, 0.25) is 0 Å². The Morgan fingerprint density at radius 2 is 1.44 bits per heavy atom. The second kappa shape index (κ2) is 24.0. The molecular formula is C25H46N5O8P3. The lowest BCUT2D eigenvalue weighted by Crippen LogP contribution is -2.37. The van der Waals surface area contributed by atoms with E-state index in [0.717, 1.165) is 6.29 Å². The molecule has 1 fully saturated rings. The number of carboxylic acid groups (broad SMARTS) is 1. The van der Waals surface area contributed by atoms with Crippen molar-refractivity contribution in [1.29, 1.82) is 0 Å². The van der Waals surface area contributed by atoms with Crippen LogP contribution in [0.3, 0.4) is 0 Å². The van der Waals surface area contributed by atoms with Crippen molar-refractivity contribution in [2.75, 3.05) is 96.7 Å². The largest absolute Gasteiger partial charge is 0.481 e. The van der Waals surface area contributed by atoms with Crippen LogP contribution < -0.4 is 10.6 Å². The van der Waals surface area contributed by atoms with Gasteiger partial charge in [-0.3, -0.25) is 28.9 Å². The molecule has 13 nitrogen and oxygen atoms in total. The quantitative estimate of drug-likeness (QED) is 0.0707. The maximum atomic E-state index is 12.6. The minimum absolute atomic E-state index is 0.135. The molecule has 41 heavy (non-hydrogen) atoms. The Morgan fingerprint density at radius 3 is 1.88 bits per heavy atom. The summed E-state index contributed by atoms with van der Waals surface area (Å²) in [4.78, 5) is 70.4. The minimum atomic E-state index is -3.68. The molecule has 0 spiro atoms. The van der Waals surface area contributed by atoms with Crippen LogP contribution in [0.4, 0.5) is 0 Å². The summed E-state index contributed by atoms with van der Waals surface area (Å²) >= 11 is 0. The van der Waals surface area contributed by atoms with Gasteiger partial charge < -0.3 is 35.2 Å². The van der Waals surface area contributed by atoms with E-state index < -0.39 is 29.6 Å². The number of amides is 1. The van der Waals surface area contributed by atoms with Crippen LogP contribution in [0.1, 0.15) is 19.3 Å². The van der Waals surface area contributed by atoms with Gasteiger partial charge in [-0.1, -0.05) is 11.8 Å². The molecule has 1 heterocycles. The first-order valence-electron chi connectivity index (χ1n) is 13.3. The van der Waals surface area contributed by atoms with Crippen LogP contribution in [0.5, 0.6) is 0 Å². The first kappa shape index (κ1) is 39.5. The van der Waals surface area contributed by atoms with Gasteiger partial charge in [0.2, 0.25) is 13.3 Å². The van der Waals surface area contributed by atoms with Gasteiger partial charge in [0.15, 0.2) is 0 Å². The molecule has 0 saturated carbocycles. The number of hydrogen-bond donors (Lipinski definition) is 6. The Bertz CT molecular complexity index is 901. The van der Waals surface area contributed by atoms with Crippen LogP contribution in [-0.4, -0.2) is 149 Å². The van der Waals surface area contributed by atoms with Crippen molar-refractivity contribution < 1.29 is 38.7 Å². The molecule has 1 rings (SSSR count). The fourth-order valence-corrected chi connectivity index (χ4v) is 7.86. The van der Waals surface area contributed by atoms with E-state index in [1.165, 1.54) is 0 Å². The second-order valence-electron chi connectivity index (χ2n) is 9.37. The zero-order valence-corrected chi connectivity index (χ0v) is 26.5. The maximum Gasteiger partial charge on any atom is 0.303 e. The normalized spacial score (nSPS) is 18.0. The lowest BCUT2D eigenvalue weighted by molar-refractivity contribution is -0.136. The summed E-state index contributed by atoms with van der Waals surface area (Å²) in [7, 11) is -4.67. The van der Waals surface area contributed by atoms with Crippen LogP contribution >= 0.6 is 23.7 Å². The van der Waals surface area contributed by atoms with Crippen molar-refractivity contribution in [3.63, 3.8) is 0 Å². The average Bonchev–Trinajstić information content (AvgIpc) is 3.00. The highest BCUT2D eigenvalue weighted by atomic mass is 31.2. The van der Waals surface area contributed by atoms with Crippen molar-refractivity contribution in [3.05, 3.63) is 0 Å². The van der Waals surface area contributed by atoms with E-state index in [0.29, 0.717) is 70.7 Å². The molecular weight excluding hydrogens is 591 g/mol. The monoisotopic (exact) mass is 637 g/mol. The highest BCUT2D eigenvalue weighted by molar-refractivity contribution is 7.57. The molecule has 3 unspecified atom stereocenters. The number of hydrogen-bond acceptors (Lipinski definition) is 10. The number of terminal acetylenes is 2. The Hall–Kier alpha value is -1.46. The fraction of sp³-hybridized carbons (Fsp3) is 0.720. The molecule has 1 aliphatic rings. The van der Waals surface area contributed by atoms with Gasteiger partial charge in [0.25, 0.3) is 0 Å². The molecule has 234 valence electrons. The highest BCUT2D eigenvalue weighted by Crippen LogP contribution is 2.42. The van der Waals surface area contributed by atoms with Gasteiger partial charge in [-0.15, -0.1) is 12.8 Å². The Morgan fingerprint density at radius 1 is 0.927 bits per heavy atom. The van der Waals surface area contributed by atoms with Gasteiger partial charge in [0.1, 0.15) is 6.29 Å². The van der Waals surface area contributed by atoms with E-state index in [9.17, 15) is 33.6 Å². The number of carbonyl (C=O) groups excluding carboxylic acids is 2. The van der Waals surface area contributed by atoms with E-state index in [1.54, 1.807) is 0 Å². The first-order chi connectivity index (χ1) is 19.5. The summed E-state index contributed by atoms with van der Waals surface area (Å²) in [6, 6.07) is 0. The number of aliphatic carboxylic acids is 1. The molecule has 0 aromatic carbocycles. The number of carbonyl (C=O) groups is 3. The summed E-state index contributed by atoms with van der Waals surface area (Å²) in [5.41, 5.74) is 0. The van der Waals surface area contributed by atoms with Gasteiger partial charge in [-0.2, -0.15) is 0 Å². The van der Waals surface area contributed by atoms with Crippen molar-refractivity contribution >= 4 is 41.8 Å². The third kappa shape index (κ3) is 22.8. The number of rotatable bonds is 17. The number of nitrogens with one attached hydrogen (secondary N) is 2. The molecule has 0 radical (unpaired) electrons. The lowest BCUT2D eigenvalue weighted by Gasteiger charge is -2.28. The fourth-order valence-electron chi connectivity index (χ4n) is 3.64. The number of carboxylic acids is 1. The zero-order chi connectivity index (χ0) is 31.1. The van der Waals surface area contributed by atoms with Gasteiger partial charge in [-0.05, 0) is 13.2 Å². The predicted octanol–water partition coefficient (Wildman–Crippen LogP) is -0.130. The summed E-state index contributed by atoms with van der Waals surface area (Å²) < 4.78 is 12.6. The van der Waals surface area contributed by atoms with Crippen molar-refractivity contribution in [1.82, 2.24) is 25.3 Å². The van der Waals surface area contributed by atoms with E-state index in [-0.39, 0.29) is 44.2 Å². The summed E-state index contributed by atoms with van der Waals surface area (Å²) in [5.74, 6) is 3.39. The van der Waals surface area contributed by atoms with Crippen molar-refractivity contribution in [2.45, 2.75) is 19.3 Å². The second-order valence-corrected chi connectivity index (χ2v) is 15.3. The number of nitrogens with zero attached hydrogens (tertiary/aromatic N) is 3. The molecule has 0 aromatic rings. The van der Waals surface area contributed by atoms with Crippen LogP contribution in [-0.2, 0) is 18.9 Å². The summed E-state index contributed by atoms with van der Waals surface area (Å²) in [6.07, 6.45) is 11.9. The Labute approximate surface area is 246 Å². The SMILES string of the molecule is C#CCNC.C#CCNC(=O)CCP(O)CN1CCN(CP(O)CCC=O)CCN(CP(=O)(O)CCC(=O)O)CC1. The van der Waals surface area contributed by atoms with Crippen molar-refractivity contribution in [2.24, 2.45) is 0 Å². The molecule has 0 aliphatic carbocycles. The Kier molecular flexibility index (Phi) is 23.2. The third-order valence-electron chi connectivity index (χ3n) is 5.79. The van der Waals surface area contributed by atoms with E-state index in [2.05, 4.69) is 22.5 Å². The standard InChI is InChI=1S/C21H39N4O8P3.C4H7N/c1-2-6-22-20(27)4-15-35(31)18-24-8-7-23(17-34(30)14-3-13-26)9-11-25(12-10-24)19-36(32,33)16-5-21(28)29;1-3-4-5-2/h1,13,30-31H,3-12,14-19H2,(H,22,27)(H,28,29)(H,32,33);1,5H,4H2,2H3. The maximum absolute atomic E-state index is 12.6. The van der Waals surface area contributed by atoms with E-state index in [1.807, 2.05) is 21.7 Å². The Balaban J connectivity index is 0.00000292. The molecule has 16 heteroatoms. The molecule has 3 atom stereocenters. The third-order valence-corrected chi connectivity index (χ3v) is 10.5. The molecule has 0 aromatic heterocycles. The average molecular weight is 638 g/mol. The molecule has 1 amide bonds. The van der Waals surface area contributed by atoms with E-state index >= 15 is 0 Å². The zero-order valence-electron chi connectivity index (χ0n) is 23.9. The molecule has 1 saturated heterocycles. The van der Waals surface area contributed by atoms with Gasteiger partial charge >= 0.3 is 5.97 Å². The summed E-state index contributed by atoms with van der Waals surface area (Å²) in [6.45, 7) is 3.99. The first-order valence-corrected chi connectivity index (χ1v) is 18.6. The van der Waals surface area contributed by atoms with Gasteiger partial charge in [0, 0.05) is 93.3 Å². The molecule has 0 bridgehead atoms.